The van der Waals surface area contributed by atoms with Gasteiger partial charge in [0.2, 0.25) is 5.91 Å². The van der Waals surface area contributed by atoms with Crippen LogP contribution >= 0.6 is 11.6 Å². The van der Waals surface area contributed by atoms with E-state index in [2.05, 4.69) is 5.32 Å². The molecule has 0 saturated heterocycles. The molecule has 5 heteroatoms. The van der Waals surface area contributed by atoms with Crippen molar-refractivity contribution >= 4 is 23.2 Å². The van der Waals surface area contributed by atoms with Gasteiger partial charge in [-0.25, -0.2) is 0 Å². The van der Waals surface area contributed by atoms with Gasteiger partial charge >= 0.3 is 0 Å². The number of hydrogen-bond donors (Lipinski definition) is 1. The lowest BCUT2D eigenvalue weighted by molar-refractivity contribution is -0.116. The summed E-state index contributed by atoms with van der Waals surface area (Å²) in [5.41, 5.74) is 1.18. The third-order valence-corrected chi connectivity index (χ3v) is 3.26. The maximum atomic E-state index is 12.2. The quantitative estimate of drug-likeness (QED) is 0.938. The van der Waals surface area contributed by atoms with E-state index in [0.717, 1.165) is 0 Å². The lowest BCUT2D eigenvalue weighted by atomic mass is 10.00. The minimum absolute atomic E-state index is 0.395. The van der Waals surface area contributed by atoms with Crippen LogP contribution in [0, 0.1) is 11.3 Å². The van der Waals surface area contributed by atoms with Crippen LogP contribution in [0.3, 0.4) is 0 Å². The maximum absolute atomic E-state index is 12.2. The largest absolute Gasteiger partial charge is 0.495 e. The van der Waals surface area contributed by atoms with Gasteiger partial charge in [-0.15, -0.1) is 0 Å². The van der Waals surface area contributed by atoms with Crippen LogP contribution in [-0.2, 0) is 4.79 Å². The Balaban J connectivity index is 2.19. The van der Waals surface area contributed by atoms with Crippen LogP contribution in [0.15, 0.2) is 48.5 Å². The molecule has 21 heavy (non-hydrogen) atoms. The highest BCUT2D eigenvalue weighted by molar-refractivity contribution is 6.32. The van der Waals surface area contributed by atoms with Crippen molar-refractivity contribution in [1.82, 2.24) is 0 Å². The first-order valence-electron chi connectivity index (χ1n) is 6.24. The molecule has 4 nitrogen and oxygen atoms in total. The van der Waals surface area contributed by atoms with Gasteiger partial charge in [-0.3, -0.25) is 4.79 Å². The van der Waals surface area contributed by atoms with E-state index in [1.54, 1.807) is 42.5 Å². The Bertz CT molecular complexity index is 680. The average molecular weight is 301 g/mol. The Morgan fingerprint density at radius 2 is 2.00 bits per heavy atom. The van der Waals surface area contributed by atoms with E-state index in [1.165, 1.54) is 7.11 Å². The second-order valence-electron chi connectivity index (χ2n) is 4.31. The van der Waals surface area contributed by atoms with Gasteiger partial charge in [-0.2, -0.15) is 5.26 Å². The van der Waals surface area contributed by atoms with Crippen LogP contribution in [0.2, 0.25) is 5.02 Å². The summed E-state index contributed by atoms with van der Waals surface area (Å²) in [5, 5.41) is 12.4. The highest BCUT2D eigenvalue weighted by atomic mass is 35.5. The first-order valence-corrected chi connectivity index (χ1v) is 6.62. The second kappa shape index (κ2) is 6.78. The second-order valence-corrected chi connectivity index (χ2v) is 4.72. The van der Waals surface area contributed by atoms with E-state index < -0.39 is 11.8 Å². The van der Waals surface area contributed by atoms with Crippen molar-refractivity contribution in [3.63, 3.8) is 0 Å². The van der Waals surface area contributed by atoms with Crippen LogP contribution < -0.4 is 10.1 Å². The zero-order valence-electron chi connectivity index (χ0n) is 11.3. The maximum Gasteiger partial charge on any atom is 0.246 e. The van der Waals surface area contributed by atoms with E-state index in [1.807, 2.05) is 12.1 Å². The first kappa shape index (κ1) is 14.9. The molecule has 0 radical (unpaired) electrons. The first-order chi connectivity index (χ1) is 10.2. The molecule has 1 unspecified atom stereocenters. The van der Waals surface area contributed by atoms with Crippen molar-refractivity contribution in [1.29, 1.82) is 5.26 Å². The molecule has 1 atom stereocenters. The van der Waals surface area contributed by atoms with Crippen LogP contribution in [0.4, 0.5) is 5.69 Å². The van der Waals surface area contributed by atoms with Crippen LogP contribution in [0.1, 0.15) is 11.5 Å². The summed E-state index contributed by atoms with van der Waals surface area (Å²) < 4.78 is 5.09. The van der Waals surface area contributed by atoms with Crippen molar-refractivity contribution in [3.05, 3.63) is 59.1 Å². The standard InChI is InChI=1S/C16H13ClN2O2/c1-21-15-9-12(7-8-14(15)17)19-16(20)13(10-18)11-5-3-2-4-6-11/h2-9,13H,1H3,(H,19,20). The number of methoxy groups -OCH3 is 1. The Morgan fingerprint density at radius 1 is 1.29 bits per heavy atom. The van der Waals surface area contributed by atoms with Gasteiger partial charge in [0.05, 0.1) is 18.2 Å². The number of carbonyl (C=O) groups excluding carboxylic acids is 1. The van der Waals surface area contributed by atoms with Crippen molar-refractivity contribution in [2.75, 3.05) is 12.4 Å². The molecule has 2 rings (SSSR count). The summed E-state index contributed by atoms with van der Waals surface area (Å²) in [5.74, 6) is -0.802. The number of amides is 1. The lowest BCUT2D eigenvalue weighted by Gasteiger charge is -2.12. The van der Waals surface area contributed by atoms with Gasteiger partial charge in [0.25, 0.3) is 0 Å². The number of nitriles is 1. The molecule has 0 aliphatic rings. The molecule has 2 aromatic rings. The number of benzene rings is 2. The molecule has 0 spiro atoms. The predicted molar refractivity (Wildman–Crippen MR) is 81.4 cm³/mol. The Kier molecular flexibility index (Phi) is 4.81. The number of carbonyl (C=O) groups is 1. The highest BCUT2D eigenvalue weighted by Gasteiger charge is 2.20. The summed E-state index contributed by atoms with van der Waals surface area (Å²) >= 11 is 5.93. The van der Waals surface area contributed by atoms with Crippen molar-refractivity contribution in [2.24, 2.45) is 0 Å². The van der Waals surface area contributed by atoms with Crippen molar-refractivity contribution in [2.45, 2.75) is 5.92 Å². The van der Waals surface area contributed by atoms with E-state index in [9.17, 15) is 10.1 Å². The molecule has 0 fully saturated rings. The summed E-state index contributed by atoms with van der Waals surface area (Å²) in [6, 6.07) is 15.8. The third kappa shape index (κ3) is 3.53. The van der Waals surface area contributed by atoms with Crippen LogP contribution in [0.5, 0.6) is 5.75 Å². The zero-order valence-corrected chi connectivity index (χ0v) is 12.1. The summed E-state index contributed by atoms with van der Waals surface area (Å²) in [6.45, 7) is 0. The van der Waals surface area contributed by atoms with Gasteiger partial charge in [0.15, 0.2) is 5.92 Å². The van der Waals surface area contributed by atoms with Crippen molar-refractivity contribution in [3.8, 4) is 11.8 Å². The molecule has 1 amide bonds. The molecule has 0 saturated carbocycles. The average Bonchev–Trinajstić information content (AvgIpc) is 2.51. The van der Waals surface area contributed by atoms with Gasteiger partial charge in [0, 0.05) is 11.8 Å². The number of halogens is 1. The molecule has 0 heterocycles. The molecular weight excluding hydrogens is 288 g/mol. The minimum atomic E-state index is -0.868. The van der Waals surface area contributed by atoms with E-state index in [-0.39, 0.29) is 0 Å². The molecule has 1 N–H and O–H groups in total. The summed E-state index contributed by atoms with van der Waals surface area (Å²) in [6.07, 6.45) is 0. The number of rotatable bonds is 4. The molecule has 2 aromatic carbocycles. The molecule has 0 aliphatic carbocycles. The van der Waals surface area contributed by atoms with E-state index >= 15 is 0 Å². The van der Waals surface area contributed by atoms with Gasteiger partial charge in [-0.05, 0) is 17.7 Å². The van der Waals surface area contributed by atoms with Crippen molar-refractivity contribution < 1.29 is 9.53 Å². The zero-order chi connectivity index (χ0) is 15.2. The Morgan fingerprint density at radius 3 is 2.62 bits per heavy atom. The highest BCUT2D eigenvalue weighted by Crippen LogP contribution is 2.28. The third-order valence-electron chi connectivity index (χ3n) is 2.94. The fraction of sp³-hybridized carbons (Fsp3) is 0.125. The van der Waals surface area contributed by atoms with Gasteiger partial charge < -0.3 is 10.1 Å². The van der Waals surface area contributed by atoms with Crippen LogP contribution in [0.25, 0.3) is 0 Å². The van der Waals surface area contributed by atoms with E-state index in [0.29, 0.717) is 22.0 Å². The molecule has 106 valence electrons. The van der Waals surface area contributed by atoms with Gasteiger partial charge in [0.1, 0.15) is 5.75 Å². The number of anilines is 1. The molecule has 0 bridgehead atoms. The molecular formula is C16H13ClN2O2. The number of ether oxygens (including phenoxy) is 1. The fourth-order valence-electron chi connectivity index (χ4n) is 1.88. The predicted octanol–water partition coefficient (Wildman–Crippen LogP) is 3.59. The molecule has 0 aromatic heterocycles. The van der Waals surface area contributed by atoms with E-state index in [4.69, 9.17) is 16.3 Å². The summed E-state index contributed by atoms with van der Waals surface area (Å²) in [7, 11) is 1.49. The fourth-order valence-corrected chi connectivity index (χ4v) is 2.08. The topological polar surface area (TPSA) is 62.1 Å². The summed E-state index contributed by atoms with van der Waals surface area (Å²) in [4.78, 5) is 12.2. The number of nitrogens with one attached hydrogen (secondary N) is 1. The van der Waals surface area contributed by atoms with Gasteiger partial charge in [-0.1, -0.05) is 41.9 Å². The normalized spacial score (nSPS) is 11.3. The lowest BCUT2D eigenvalue weighted by Crippen LogP contribution is -2.20. The molecule has 0 aliphatic heterocycles. The number of hydrogen-bond acceptors (Lipinski definition) is 3. The monoisotopic (exact) mass is 300 g/mol. The smallest absolute Gasteiger partial charge is 0.246 e. The Labute approximate surface area is 127 Å². The number of nitrogens with zero attached hydrogens (tertiary/aromatic N) is 1. The minimum Gasteiger partial charge on any atom is -0.495 e. The Hall–Kier alpha value is -2.51. The van der Waals surface area contributed by atoms with Crippen LogP contribution in [-0.4, -0.2) is 13.0 Å². The SMILES string of the molecule is COc1cc(NC(=O)C(C#N)c2ccccc2)ccc1Cl.